The first-order chi connectivity index (χ1) is 11.2. The molecule has 0 aromatic carbocycles. The summed E-state index contributed by atoms with van der Waals surface area (Å²) in [6.07, 6.45) is 6.78. The van der Waals surface area contributed by atoms with Crippen LogP contribution >= 0.6 is 0 Å². The molecule has 2 fully saturated rings. The summed E-state index contributed by atoms with van der Waals surface area (Å²) in [6.45, 7) is 4.77. The molecule has 126 valence electrons. The number of rotatable bonds is 4. The van der Waals surface area contributed by atoms with E-state index in [0.717, 1.165) is 45.0 Å². The van der Waals surface area contributed by atoms with E-state index in [-0.39, 0.29) is 11.9 Å². The van der Waals surface area contributed by atoms with E-state index in [1.54, 1.807) is 0 Å². The number of amides is 2. The van der Waals surface area contributed by atoms with Gasteiger partial charge in [0.2, 0.25) is 0 Å². The maximum absolute atomic E-state index is 12.7. The maximum atomic E-state index is 12.7. The standard InChI is InChI=1S/C17H26N4O2/c1-19-16-14(8-18-19)9-21(17(22)20-6-2-3-7-20)10-15(16)12-23-11-13-4-5-13/h8,13,15H,2-7,9-12H2,1H3. The zero-order valence-electron chi connectivity index (χ0n) is 13.9. The van der Waals surface area contributed by atoms with Crippen LogP contribution in [0.5, 0.6) is 0 Å². The van der Waals surface area contributed by atoms with Crippen molar-refractivity contribution in [3.05, 3.63) is 17.5 Å². The molecule has 1 aromatic rings. The Kier molecular flexibility index (Phi) is 4.01. The van der Waals surface area contributed by atoms with Crippen molar-refractivity contribution in [2.24, 2.45) is 13.0 Å². The molecule has 4 rings (SSSR count). The van der Waals surface area contributed by atoms with Crippen LogP contribution in [-0.2, 0) is 18.3 Å². The molecule has 6 nitrogen and oxygen atoms in total. The third kappa shape index (κ3) is 3.09. The maximum Gasteiger partial charge on any atom is 0.320 e. The van der Waals surface area contributed by atoms with Crippen LogP contribution in [0.3, 0.4) is 0 Å². The predicted molar refractivity (Wildman–Crippen MR) is 86.1 cm³/mol. The lowest BCUT2D eigenvalue weighted by atomic mass is 9.97. The highest BCUT2D eigenvalue weighted by molar-refractivity contribution is 5.75. The van der Waals surface area contributed by atoms with Gasteiger partial charge in [0.25, 0.3) is 0 Å². The van der Waals surface area contributed by atoms with E-state index < -0.39 is 0 Å². The smallest absolute Gasteiger partial charge is 0.320 e. The van der Waals surface area contributed by atoms with Gasteiger partial charge >= 0.3 is 6.03 Å². The van der Waals surface area contributed by atoms with Gasteiger partial charge in [-0.2, -0.15) is 5.10 Å². The van der Waals surface area contributed by atoms with Crippen LogP contribution < -0.4 is 0 Å². The van der Waals surface area contributed by atoms with Crippen molar-refractivity contribution >= 4 is 6.03 Å². The number of aromatic nitrogens is 2. The first-order valence-corrected chi connectivity index (χ1v) is 8.84. The summed E-state index contributed by atoms with van der Waals surface area (Å²) in [5.41, 5.74) is 2.41. The Morgan fingerprint density at radius 3 is 2.78 bits per heavy atom. The summed E-state index contributed by atoms with van der Waals surface area (Å²) < 4.78 is 7.90. The fourth-order valence-electron chi connectivity index (χ4n) is 3.81. The molecule has 6 heteroatoms. The molecule has 0 spiro atoms. The Morgan fingerprint density at radius 2 is 2.04 bits per heavy atom. The van der Waals surface area contributed by atoms with Crippen molar-refractivity contribution in [1.29, 1.82) is 0 Å². The monoisotopic (exact) mass is 318 g/mol. The number of fused-ring (bicyclic) bond motifs is 1. The third-order valence-electron chi connectivity index (χ3n) is 5.27. The van der Waals surface area contributed by atoms with E-state index in [4.69, 9.17) is 4.74 Å². The first-order valence-electron chi connectivity index (χ1n) is 8.84. The van der Waals surface area contributed by atoms with Crippen LogP contribution in [0.25, 0.3) is 0 Å². The van der Waals surface area contributed by atoms with Gasteiger partial charge in [0.05, 0.1) is 25.0 Å². The number of aryl methyl sites for hydroxylation is 1. The van der Waals surface area contributed by atoms with Crippen LogP contribution in [0.4, 0.5) is 4.79 Å². The van der Waals surface area contributed by atoms with Gasteiger partial charge in [-0.3, -0.25) is 4.68 Å². The number of ether oxygens (including phenoxy) is 1. The fraction of sp³-hybridized carbons (Fsp3) is 0.765. The van der Waals surface area contributed by atoms with Gasteiger partial charge in [0.1, 0.15) is 0 Å². The van der Waals surface area contributed by atoms with Gasteiger partial charge in [0, 0.05) is 44.8 Å². The van der Waals surface area contributed by atoms with E-state index in [0.29, 0.717) is 13.2 Å². The van der Waals surface area contributed by atoms with Crippen LogP contribution in [0.15, 0.2) is 6.20 Å². The third-order valence-corrected chi connectivity index (χ3v) is 5.27. The summed E-state index contributed by atoms with van der Waals surface area (Å²) >= 11 is 0. The SMILES string of the molecule is Cn1ncc2c1C(COCC1CC1)CN(C(=O)N1CCCC1)C2. The van der Waals surface area contributed by atoms with Gasteiger partial charge in [-0.25, -0.2) is 4.79 Å². The molecule has 1 unspecified atom stereocenters. The molecular formula is C17H26N4O2. The fourth-order valence-corrected chi connectivity index (χ4v) is 3.81. The number of nitrogens with zero attached hydrogens (tertiary/aromatic N) is 4. The Labute approximate surface area is 137 Å². The van der Waals surface area contributed by atoms with E-state index >= 15 is 0 Å². The van der Waals surface area contributed by atoms with Gasteiger partial charge in [0.15, 0.2) is 0 Å². The molecule has 1 aromatic heterocycles. The highest BCUT2D eigenvalue weighted by atomic mass is 16.5. The summed E-state index contributed by atoms with van der Waals surface area (Å²) in [7, 11) is 1.99. The molecule has 3 heterocycles. The van der Waals surface area contributed by atoms with E-state index in [2.05, 4.69) is 5.10 Å². The highest BCUT2D eigenvalue weighted by Gasteiger charge is 2.34. The number of carbonyl (C=O) groups excluding carboxylic acids is 1. The molecule has 1 aliphatic carbocycles. The minimum Gasteiger partial charge on any atom is -0.380 e. The zero-order valence-corrected chi connectivity index (χ0v) is 13.9. The second kappa shape index (κ2) is 6.15. The largest absolute Gasteiger partial charge is 0.380 e. The summed E-state index contributed by atoms with van der Waals surface area (Å²) in [4.78, 5) is 16.7. The van der Waals surface area contributed by atoms with Crippen molar-refractivity contribution in [3.63, 3.8) is 0 Å². The molecule has 2 amide bonds. The highest BCUT2D eigenvalue weighted by Crippen LogP contribution is 2.32. The Bertz CT molecular complexity index is 575. The molecule has 2 aliphatic heterocycles. The van der Waals surface area contributed by atoms with Crippen molar-refractivity contribution in [2.45, 2.75) is 38.1 Å². The van der Waals surface area contributed by atoms with Crippen LogP contribution in [0.2, 0.25) is 0 Å². The second-order valence-electron chi connectivity index (χ2n) is 7.21. The average molecular weight is 318 g/mol. The van der Waals surface area contributed by atoms with Crippen molar-refractivity contribution in [3.8, 4) is 0 Å². The zero-order chi connectivity index (χ0) is 15.8. The Balaban J connectivity index is 1.47. The first kappa shape index (κ1) is 15.0. The minimum absolute atomic E-state index is 0.184. The van der Waals surface area contributed by atoms with Crippen molar-refractivity contribution < 1.29 is 9.53 Å². The quantitative estimate of drug-likeness (QED) is 0.853. The molecule has 1 saturated heterocycles. The predicted octanol–water partition coefficient (Wildman–Crippen LogP) is 1.96. The van der Waals surface area contributed by atoms with Crippen LogP contribution in [-0.4, -0.2) is 58.5 Å². The summed E-state index contributed by atoms with van der Waals surface area (Å²) in [5, 5.41) is 4.40. The van der Waals surface area contributed by atoms with Crippen molar-refractivity contribution in [1.82, 2.24) is 19.6 Å². The van der Waals surface area contributed by atoms with E-state index in [1.165, 1.54) is 24.1 Å². The van der Waals surface area contributed by atoms with Gasteiger partial charge in [-0.05, 0) is 31.6 Å². The van der Waals surface area contributed by atoms with Gasteiger partial charge in [-0.15, -0.1) is 0 Å². The number of likely N-dealkylation sites (tertiary alicyclic amines) is 1. The molecule has 23 heavy (non-hydrogen) atoms. The van der Waals surface area contributed by atoms with Gasteiger partial charge in [-0.1, -0.05) is 0 Å². The molecule has 1 saturated carbocycles. The molecule has 3 aliphatic rings. The lowest BCUT2D eigenvalue weighted by molar-refractivity contribution is 0.0886. The molecule has 0 radical (unpaired) electrons. The van der Waals surface area contributed by atoms with Gasteiger partial charge < -0.3 is 14.5 Å². The number of hydrogen-bond acceptors (Lipinski definition) is 3. The molecule has 0 N–H and O–H groups in total. The Hall–Kier alpha value is -1.56. The average Bonchev–Trinajstić information content (AvgIpc) is 3.07. The summed E-state index contributed by atoms with van der Waals surface area (Å²) in [5.74, 6) is 1.00. The lowest BCUT2D eigenvalue weighted by Crippen LogP contribution is -2.46. The van der Waals surface area contributed by atoms with Crippen LogP contribution in [0.1, 0.15) is 42.9 Å². The number of urea groups is 1. The second-order valence-corrected chi connectivity index (χ2v) is 7.21. The lowest BCUT2D eigenvalue weighted by Gasteiger charge is -2.35. The molecule has 1 atom stereocenters. The van der Waals surface area contributed by atoms with Crippen LogP contribution in [0, 0.1) is 5.92 Å². The molecule has 0 bridgehead atoms. The minimum atomic E-state index is 0.184. The number of hydrogen-bond donors (Lipinski definition) is 0. The summed E-state index contributed by atoms with van der Waals surface area (Å²) in [6, 6.07) is 0.184. The van der Waals surface area contributed by atoms with E-state index in [1.807, 2.05) is 27.7 Å². The van der Waals surface area contributed by atoms with E-state index in [9.17, 15) is 4.79 Å². The Morgan fingerprint density at radius 1 is 1.26 bits per heavy atom. The van der Waals surface area contributed by atoms with Crippen molar-refractivity contribution in [2.75, 3.05) is 32.8 Å². The topological polar surface area (TPSA) is 50.6 Å². The normalized spacial score (nSPS) is 24.1. The molecular weight excluding hydrogens is 292 g/mol. The number of carbonyl (C=O) groups is 1.